The zero-order valence-electron chi connectivity index (χ0n) is 17.1. The Balaban J connectivity index is 1.37. The first-order chi connectivity index (χ1) is 14.7. The molecule has 3 heterocycles. The third-order valence-electron chi connectivity index (χ3n) is 5.57. The molecule has 0 aliphatic carbocycles. The van der Waals surface area contributed by atoms with Gasteiger partial charge in [0.05, 0.1) is 0 Å². The number of hydrogen-bond donors (Lipinski definition) is 1. The second kappa shape index (κ2) is 9.71. The van der Waals surface area contributed by atoms with Crippen LogP contribution in [0.1, 0.15) is 37.4 Å². The van der Waals surface area contributed by atoms with Crippen LogP contribution in [-0.2, 0) is 9.59 Å². The van der Waals surface area contributed by atoms with Crippen LogP contribution in [-0.4, -0.2) is 54.4 Å². The van der Waals surface area contributed by atoms with E-state index in [0.717, 1.165) is 31.6 Å². The van der Waals surface area contributed by atoms with Gasteiger partial charge in [0.25, 0.3) is 5.91 Å². The molecule has 0 unspecified atom stereocenters. The number of ether oxygens (including phenoxy) is 1. The Morgan fingerprint density at radius 1 is 1.10 bits per heavy atom. The van der Waals surface area contributed by atoms with Crippen molar-refractivity contribution in [3.63, 3.8) is 0 Å². The highest BCUT2D eigenvalue weighted by Gasteiger charge is 2.37. The van der Waals surface area contributed by atoms with Crippen molar-refractivity contribution in [3.05, 3.63) is 54.2 Å². The molecule has 1 saturated heterocycles. The molecule has 2 amide bonds. The van der Waals surface area contributed by atoms with Crippen molar-refractivity contribution in [1.82, 2.24) is 15.2 Å². The highest BCUT2D eigenvalue weighted by Crippen LogP contribution is 2.36. The van der Waals surface area contributed by atoms with Gasteiger partial charge in [-0.05, 0) is 51.0 Å². The van der Waals surface area contributed by atoms with Crippen LogP contribution in [0.3, 0.4) is 0 Å². The molecule has 7 nitrogen and oxygen atoms in total. The van der Waals surface area contributed by atoms with Crippen LogP contribution in [0.4, 0.5) is 5.82 Å². The number of aromatic nitrogens is 1. The molecule has 1 N–H and O–H groups in total. The number of fused-ring (bicyclic) bond motifs is 1. The van der Waals surface area contributed by atoms with Crippen molar-refractivity contribution >= 4 is 17.6 Å². The summed E-state index contributed by atoms with van der Waals surface area (Å²) in [6.45, 7) is 3.83. The van der Waals surface area contributed by atoms with Gasteiger partial charge in [-0.15, -0.1) is 0 Å². The largest absolute Gasteiger partial charge is 0.472 e. The smallest absolute Gasteiger partial charge is 0.274 e. The van der Waals surface area contributed by atoms with E-state index in [2.05, 4.69) is 15.2 Å². The molecule has 2 aromatic rings. The molecule has 158 valence electrons. The molecule has 1 aromatic carbocycles. The average molecular weight is 409 g/mol. The van der Waals surface area contributed by atoms with Crippen LogP contribution in [0.2, 0.25) is 0 Å². The maximum Gasteiger partial charge on any atom is 0.274 e. The van der Waals surface area contributed by atoms with Gasteiger partial charge in [-0.25, -0.2) is 4.98 Å². The fourth-order valence-electron chi connectivity index (χ4n) is 4.00. The monoisotopic (exact) mass is 408 g/mol. The molecule has 1 fully saturated rings. The number of pyridine rings is 1. The molecule has 0 saturated carbocycles. The molecular formula is C23H28N4O3. The van der Waals surface area contributed by atoms with Crippen molar-refractivity contribution < 1.29 is 14.3 Å². The lowest BCUT2D eigenvalue weighted by molar-refractivity contribution is -0.129. The zero-order chi connectivity index (χ0) is 20.8. The van der Waals surface area contributed by atoms with Crippen molar-refractivity contribution in [1.29, 1.82) is 0 Å². The minimum absolute atomic E-state index is 0.0702. The number of amides is 2. The summed E-state index contributed by atoms with van der Waals surface area (Å²) in [5.41, 5.74) is 0.754. The van der Waals surface area contributed by atoms with E-state index in [0.29, 0.717) is 18.1 Å². The normalized spacial score (nSPS) is 19.1. The molecule has 0 radical (unpaired) electrons. The van der Waals surface area contributed by atoms with Gasteiger partial charge in [-0.1, -0.05) is 36.8 Å². The van der Waals surface area contributed by atoms with E-state index in [-0.39, 0.29) is 18.4 Å². The summed E-state index contributed by atoms with van der Waals surface area (Å²) < 4.78 is 5.92. The molecule has 0 spiro atoms. The highest BCUT2D eigenvalue weighted by atomic mass is 16.5. The predicted octanol–water partition coefficient (Wildman–Crippen LogP) is 2.54. The summed E-state index contributed by atoms with van der Waals surface area (Å²) in [7, 11) is 0. The Kier molecular flexibility index (Phi) is 6.59. The first kappa shape index (κ1) is 20.3. The van der Waals surface area contributed by atoms with Gasteiger partial charge >= 0.3 is 0 Å². The number of carbonyl (C=O) groups excluding carboxylic acids is 2. The molecular weight excluding hydrogens is 380 g/mol. The van der Waals surface area contributed by atoms with Crippen molar-refractivity contribution in [2.75, 3.05) is 37.6 Å². The molecule has 2 aliphatic heterocycles. The maximum atomic E-state index is 13.1. The molecule has 30 heavy (non-hydrogen) atoms. The summed E-state index contributed by atoms with van der Waals surface area (Å²) in [5.74, 6) is 0.421. The summed E-state index contributed by atoms with van der Waals surface area (Å²) >= 11 is 0. The number of hydrogen-bond acceptors (Lipinski definition) is 5. The number of piperidine rings is 1. The summed E-state index contributed by atoms with van der Waals surface area (Å²) in [4.78, 5) is 33.9. The second-order valence-electron chi connectivity index (χ2n) is 7.76. The number of benzene rings is 1. The summed E-state index contributed by atoms with van der Waals surface area (Å²) in [6, 6.07) is 12.9. The van der Waals surface area contributed by atoms with Crippen LogP contribution in [0, 0.1) is 0 Å². The van der Waals surface area contributed by atoms with Gasteiger partial charge in [0.2, 0.25) is 12.0 Å². The lowest BCUT2D eigenvalue weighted by Gasteiger charge is -2.33. The molecule has 1 aromatic heterocycles. The van der Waals surface area contributed by atoms with Gasteiger partial charge in [0, 0.05) is 18.3 Å². The third-order valence-corrected chi connectivity index (χ3v) is 5.57. The van der Waals surface area contributed by atoms with Crippen LogP contribution >= 0.6 is 0 Å². The predicted molar refractivity (Wildman–Crippen MR) is 114 cm³/mol. The number of carbonyl (C=O) groups is 2. The first-order valence-electron chi connectivity index (χ1n) is 10.7. The quantitative estimate of drug-likeness (QED) is 0.713. The number of nitrogens with one attached hydrogen (secondary N) is 1. The molecule has 2 aliphatic rings. The topological polar surface area (TPSA) is 74.8 Å². The lowest BCUT2D eigenvalue weighted by Crippen LogP contribution is -2.47. The van der Waals surface area contributed by atoms with Gasteiger partial charge in [0.15, 0.2) is 11.6 Å². The van der Waals surface area contributed by atoms with Crippen LogP contribution in [0.5, 0.6) is 5.75 Å². The molecule has 4 rings (SSSR count). The molecule has 7 heteroatoms. The Hall–Kier alpha value is -2.93. The van der Waals surface area contributed by atoms with E-state index >= 15 is 0 Å². The average Bonchev–Trinajstić information content (AvgIpc) is 2.80. The van der Waals surface area contributed by atoms with Gasteiger partial charge in [0.1, 0.15) is 6.54 Å². The Bertz CT molecular complexity index is 868. The number of likely N-dealkylation sites (tertiary alicyclic amines) is 1. The van der Waals surface area contributed by atoms with Crippen LogP contribution < -0.4 is 15.0 Å². The molecule has 0 bridgehead atoms. The van der Waals surface area contributed by atoms with E-state index in [9.17, 15) is 9.59 Å². The number of anilines is 1. The van der Waals surface area contributed by atoms with Gasteiger partial charge in [-0.2, -0.15) is 0 Å². The first-order valence-corrected chi connectivity index (χ1v) is 10.7. The Morgan fingerprint density at radius 2 is 1.90 bits per heavy atom. The minimum Gasteiger partial charge on any atom is -0.472 e. The van der Waals surface area contributed by atoms with E-state index in [4.69, 9.17) is 4.74 Å². The van der Waals surface area contributed by atoms with Gasteiger partial charge < -0.3 is 15.0 Å². The second-order valence-corrected chi connectivity index (χ2v) is 7.76. The highest BCUT2D eigenvalue weighted by molar-refractivity contribution is 6.03. The van der Waals surface area contributed by atoms with Crippen molar-refractivity contribution in [2.45, 2.75) is 31.8 Å². The number of nitrogens with zero attached hydrogens (tertiary/aromatic N) is 3. The van der Waals surface area contributed by atoms with E-state index in [1.807, 2.05) is 30.3 Å². The minimum atomic E-state index is -0.783. The zero-order valence-corrected chi connectivity index (χ0v) is 17.1. The van der Waals surface area contributed by atoms with Crippen LogP contribution in [0.25, 0.3) is 0 Å². The third kappa shape index (κ3) is 4.79. The van der Waals surface area contributed by atoms with E-state index < -0.39 is 6.10 Å². The van der Waals surface area contributed by atoms with Crippen molar-refractivity contribution in [2.24, 2.45) is 0 Å². The fraction of sp³-hybridized carbons (Fsp3) is 0.435. The summed E-state index contributed by atoms with van der Waals surface area (Å²) in [6.07, 6.45) is 5.57. The van der Waals surface area contributed by atoms with Crippen molar-refractivity contribution in [3.8, 4) is 5.75 Å². The maximum absolute atomic E-state index is 13.1. The Labute approximate surface area is 177 Å². The van der Waals surface area contributed by atoms with Gasteiger partial charge in [-0.3, -0.25) is 14.5 Å². The van der Waals surface area contributed by atoms with E-state index in [1.165, 1.54) is 24.2 Å². The van der Waals surface area contributed by atoms with E-state index in [1.54, 1.807) is 18.3 Å². The fourth-order valence-corrected chi connectivity index (χ4v) is 4.00. The number of rotatable bonds is 7. The van der Waals surface area contributed by atoms with Crippen LogP contribution in [0.15, 0.2) is 48.7 Å². The Morgan fingerprint density at radius 3 is 2.70 bits per heavy atom. The molecule has 1 atom stereocenters. The SMILES string of the molecule is O=C(CN1C(=O)[C@H](c2ccccc2)Oc2cccnc21)NCCCN1CCCCC1. The lowest BCUT2D eigenvalue weighted by atomic mass is 10.1. The summed E-state index contributed by atoms with van der Waals surface area (Å²) in [5, 5.41) is 2.95. The standard InChI is InChI=1S/C23H28N4O3/c28-20(24-13-8-16-26-14-5-2-6-15-26)17-27-22-19(11-7-12-25-22)30-21(23(27)29)18-9-3-1-4-10-18/h1,3-4,7,9-12,21H,2,5-6,8,13-17H2,(H,24,28)/t21-/m0/s1.